The molecule has 21 heavy (non-hydrogen) atoms. The highest BCUT2D eigenvalue weighted by Gasteiger charge is 2.37. The number of aliphatic imine (C=N–C) groups is 1. The first-order chi connectivity index (χ1) is 9.74. The molecule has 0 bridgehead atoms. The third-order valence-corrected chi connectivity index (χ3v) is 3.59. The number of amidine groups is 1. The normalized spacial score (nSPS) is 18.8. The number of thioether (sulfide) groups is 1. The number of aryl methyl sites for hydroxylation is 1. The van der Waals surface area contributed by atoms with E-state index in [4.69, 9.17) is 0 Å². The maximum atomic E-state index is 12.9. The Morgan fingerprint density at radius 1 is 1.48 bits per heavy atom. The van der Waals surface area contributed by atoms with Crippen LogP contribution >= 0.6 is 11.8 Å². The molecule has 5 nitrogen and oxygen atoms in total. The van der Waals surface area contributed by atoms with E-state index in [-0.39, 0.29) is 18.1 Å². The van der Waals surface area contributed by atoms with E-state index in [1.165, 1.54) is 23.6 Å². The van der Waals surface area contributed by atoms with Gasteiger partial charge in [0.1, 0.15) is 5.82 Å². The summed E-state index contributed by atoms with van der Waals surface area (Å²) < 4.78 is 38.6. The maximum absolute atomic E-state index is 12.9. The minimum absolute atomic E-state index is 0.0114. The number of aromatic nitrogens is 1. The van der Waals surface area contributed by atoms with Crippen LogP contribution in [0.2, 0.25) is 0 Å². The Labute approximate surface area is 122 Å². The minimum atomic E-state index is -4.52. The Morgan fingerprint density at radius 3 is 2.67 bits per heavy atom. The fourth-order valence-corrected chi connectivity index (χ4v) is 2.62. The Bertz CT molecular complexity index is 604. The van der Waals surface area contributed by atoms with Crippen molar-refractivity contribution >= 4 is 28.7 Å². The summed E-state index contributed by atoms with van der Waals surface area (Å²) in [6, 6.07) is 0.730. The van der Waals surface area contributed by atoms with Crippen LogP contribution in [0.5, 0.6) is 0 Å². The van der Waals surface area contributed by atoms with Crippen LogP contribution in [0, 0.1) is 6.92 Å². The van der Waals surface area contributed by atoms with Gasteiger partial charge in [-0.15, -0.1) is 0 Å². The second-order valence-corrected chi connectivity index (χ2v) is 5.18. The van der Waals surface area contributed by atoms with Crippen LogP contribution < -0.4 is 4.90 Å². The number of nitrogens with zero attached hydrogens (tertiary/aromatic N) is 3. The standard InChI is InChI=1S/C12H12F3N3O2S/c1-6-3-7(12(13,14)15)4-9(17-6)18-8(10(19)20)5-16-11(18)21-2/h3-4,8H,5H2,1-2H3,(H,19,20). The molecular weight excluding hydrogens is 307 g/mol. The van der Waals surface area contributed by atoms with E-state index >= 15 is 0 Å². The van der Waals surface area contributed by atoms with Crippen LogP contribution in [-0.4, -0.2) is 40.1 Å². The molecule has 1 unspecified atom stereocenters. The first-order valence-electron chi connectivity index (χ1n) is 5.90. The van der Waals surface area contributed by atoms with Gasteiger partial charge in [-0.1, -0.05) is 11.8 Å². The van der Waals surface area contributed by atoms with E-state index in [0.717, 1.165) is 12.1 Å². The van der Waals surface area contributed by atoms with E-state index in [1.54, 1.807) is 6.26 Å². The molecule has 0 fully saturated rings. The highest BCUT2D eigenvalue weighted by Crippen LogP contribution is 2.33. The van der Waals surface area contributed by atoms with Gasteiger partial charge in [-0.25, -0.2) is 9.78 Å². The van der Waals surface area contributed by atoms with Gasteiger partial charge in [-0.05, 0) is 25.3 Å². The molecule has 0 amide bonds. The van der Waals surface area contributed by atoms with Crippen LogP contribution in [0.1, 0.15) is 11.3 Å². The van der Waals surface area contributed by atoms with Gasteiger partial charge in [-0.2, -0.15) is 13.2 Å². The van der Waals surface area contributed by atoms with Gasteiger partial charge in [0.05, 0.1) is 12.1 Å². The van der Waals surface area contributed by atoms with Crippen molar-refractivity contribution in [2.75, 3.05) is 17.7 Å². The van der Waals surface area contributed by atoms with Crippen molar-refractivity contribution in [2.24, 2.45) is 4.99 Å². The monoisotopic (exact) mass is 319 g/mol. The quantitative estimate of drug-likeness (QED) is 0.907. The number of hydrogen-bond acceptors (Lipinski definition) is 5. The summed E-state index contributed by atoms with van der Waals surface area (Å²) in [7, 11) is 0. The number of rotatable bonds is 2. The molecule has 0 radical (unpaired) electrons. The van der Waals surface area contributed by atoms with E-state index in [1.807, 2.05) is 0 Å². The zero-order valence-corrected chi connectivity index (χ0v) is 12.0. The van der Waals surface area contributed by atoms with E-state index in [9.17, 15) is 23.1 Å². The van der Waals surface area contributed by atoms with Crippen molar-refractivity contribution in [2.45, 2.75) is 19.1 Å². The summed E-state index contributed by atoms with van der Waals surface area (Å²) in [5.41, 5.74) is -0.696. The fourth-order valence-electron chi connectivity index (χ4n) is 2.00. The van der Waals surface area contributed by atoms with Crippen LogP contribution in [-0.2, 0) is 11.0 Å². The lowest BCUT2D eigenvalue weighted by molar-refractivity contribution is -0.138. The third-order valence-electron chi connectivity index (χ3n) is 2.90. The lowest BCUT2D eigenvalue weighted by Crippen LogP contribution is -2.41. The summed E-state index contributed by atoms with van der Waals surface area (Å²) >= 11 is 1.17. The van der Waals surface area contributed by atoms with Crippen molar-refractivity contribution in [3.63, 3.8) is 0 Å². The molecule has 1 aromatic heterocycles. The Kier molecular flexibility index (Phi) is 4.13. The van der Waals surface area contributed by atoms with Gasteiger partial charge in [0, 0.05) is 5.69 Å². The number of aliphatic carboxylic acids is 1. The molecule has 9 heteroatoms. The van der Waals surface area contributed by atoms with Crippen molar-refractivity contribution in [1.82, 2.24) is 4.98 Å². The molecule has 1 aliphatic heterocycles. The van der Waals surface area contributed by atoms with E-state index in [0.29, 0.717) is 5.17 Å². The molecule has 1 N–H and O–H groups in total. The second-order valence-electron chi connectivity index (χ2n) is 4.40. The topological polar surface area (TPSA) is 65.8 Å². The SMILES string of the molecule is CSC1=NCC(C(=O)O)N1c1cc(C(F)(F)F)cc(C)n1. The first-order valence-corrected chi connectivity index (χ1v) is 7.13. The lowest BCUT2D eigenvalue weighted by atomic mass is 10.2. The van der Waals surface area contributed by atoms with Crippen LogP contribution in [0.3, 0.4) is 0 Å². The fraction of sp³-hybridized carbons (Fsp3) is 0.417. The molecular formula is C12H12F3N3O2S. The number of hydrogen-bond donors (Lipinski definition) is 1. The third kappa shape index (κ3) is 3.12. The maximum Gasteiger partial charge on any atom is 0.416 e. The highest BCUT2D eigenvalue weighted by molar-refractivity contribution is 8.13. The van der Waals surface area contributed by atoms with Crippen LogP contribution in [0.25, 0.3) is 0 Å². The Hall–Kier alpha value is -1.77. The van der Waals surface area contributed by atoms with Gasteiger partial charge in [0.15, 0.2) is 11.2 Å². The summed E-state index contributed by atoms with van der Waals surface area (Å²) in [6.45, 7) is 1.42. The number of halogens is 3. The smallest absolute Gasteiger partial charge is 0.416 e. The number of alkyl halides is 3. The molecule has 2 rings (SSSR count). The predicted molar refractivity (Wildman–Crippen MR) is 73.7 cm³/mol. The molecule has 0 aromatic carbocycles. The molecule has 1 aromatic rings. The Balaban J connectivity index is 2.50. The second kappa shape index (κ2) is 5.55. The minimum Gasteiger partial charge on any atom is -0.480 e. The predicted octanol–water partition coefficient (Wildman–Crippen LogP) is 2.40. The number of anilines is 1. The van der Waals surface area contributed by atoms with Crippen LogP contribution in [0.15, 0.2) is 17.1 Å². The Morgan fingerprint density at radius 2 is 2.14 bits per heavy atom. The summed E-state index contributed by atoms with van der Waals surface area (Å²) in [6.07, 6.45) is -2.84. The molecule has 2 heterocycles. The first kappa shape index (κ1) is 15.6. The van der Waals surface area contributed by atoms with Crippen LogP contribution in [0.4, 0.5) is 19.0 Å². The number of pyridine rings is 1. The van der Waals surface area contributed by atoms with Gasteiger partial charge >= 0.3 is 12.1 Å². The molecule has 114 valence electrons. The van der Waals surface area contributed by atoms with Crippen molar-refractivity contribution in [3.8, 4) is 0 Å². The zero-order chi connectivity index (χ0) is 15.8. The van der Waals surface area contributed by atoms with Gasteiger partial charge in [0.2, 0.25) is 0 Å². The molecule has 0 saturated heterocycles. The van der Waals surface area contributed by atoms with E-state index < -0.39 is 23.8 Å². The highest BCUT2D eigenvalue weighted by atomic mass is 32.2. The van der Waals surface area contributed by atoms with Crippen molar-refractivity contribution in [3.05, 3.63) is 23.4 Å². The summed E-state index contributed by atoms with van der Waals surface area (Å²) in [5, 5.41) is 9.52. The average molecular weight is 319 g/mol. The molecule has 1 aliphatic rings. The zero-order valence-electron chi connectivity index (χ0n) is 11.2. The van der Waals surface area contributed by atoms with Crippen molar-refractivity contribution in [1.29, 1.82) is 0 Å². The van der Waals surface area contributed by atoms with Gasteiger partial charge < -0.3 is 5.11 Å². The number of carboxylic acids is 1. The van der Waals surface area contributed by atoms with Gasteiger partial charge in [0.25, 0.3) is 0 Å². The molecule has 1 atom stereocenters. The van der Waals surface area contributed by atoms with Crippen molar-refractivity contribution < 1.29 is 23.1 Å². The summed E-state index contributed by atoms with van der Waals surface area (Å²) in [4.78, 5) is 20.5. The molecule has 0 spiro atoms. The van der Waals surface area contributed by atoms with E-state index in [2.05, 4.69) is 9.98 Å². The number of carboxylic acid groups (broad SMARTS) is 1. The van der Waals surface area contributed by atoms with Gasteiger partial charge in [-0.3, -0.25) is 9.89 Å². The molecule has 0 saturated carbocycles. The largest absolute Gasteiger partial charge is 0.480 e. The molecule has 0 aliphatic carbocycles. The lowest BCUT2D eigenvalue weighted by Gasteiger charge is -2.24. The summed E-state index contributed by atoms with van der Waals surface area (Å²) in [5.74, 6) is -1.21. The number of carbonyl (C=O) groups is 1. The average Bonchev–Trinajstić information content (AvgIpc) is 2.80.